The first-order valence-electron chi connectivity index (χ1n) is 9.20. The highest BCUT2D eigenvalue weighted by Gasteiger charge is 2.22. The number of nitrogens with zero attached hydrogens (tertiary/aromatic N) is 1. The van der Waals surface area contributed by atoms with Crippen LogP contribution in [0.15, 0.2) is 54.6 Å². The number of nitrogens with one attached hydrogen (secondary N) is 1. The van der Waals surface area contributed by atoms with Crippen LogP contribution in [0.3, 0.4) is 0 Å². The Morgan fingerprint density at radius 2 is 1.68 bits per heavy atom. The van der Waals surface area contributed by atoms with Crippen molar-refractivity contribution in [3.8, 4) is 0 Å². The minimum Gasteiger partial charge on any atom is -0.324 e. The van der Waals surface area contributed by atoms with Crippen LogP contribution in [0.25, 0.3) is 10.8 Å². The van der Waals surface area contributed by atoms with Crippen LogP contribution in [0.1, 0.15) is 16.7 Å². The Labute approximate surface area is 165 Å². The topological polar surface area (TPSA) is 66.5 Å². The van der Waals surface area contributed by atoms with E-state index < -0.39 is 10.0 Å². The van der Waals surface area contributed by atoms with Gasteiger partial charge in [-0.15, -0.1) is 0 Å². The fourth-order valence-corrected chi connectivity index (χ4v) is 4.64. The van der Waals surface area contributed by atoms with E-state index in [1.165, 1.54) is 16.5 Å². The van der Waals surface area contributed by atoms with E-state index in [4.69, 9.17) is 0 Å². The summed E-state index contributed by atoms with van der Waals surface area (Å²) in [5, 5.41) is 5.11. The maximum absolute atomic E-state index is 12.7. The largest absolute Gasteiger partial charge is 0.324 e. The van der Waals surface area contributed by atoms with Gasteiger partial charge in [-0.05, 0) is 54.5 Å². The van der Waals surface area contributed by atoms with Crippen molar-refractivity contribution in [1.29, 1.82) is 0 Å². The van der Waals surface area contributed by atoms with Gasteiger partial charge in [0.2, 0.25) is 15.9 Å². The monoisotopic (exact) mass is 394 g/mol. The maximum Gasteiger partial charge on any atom is 0.245 e. The number of aryl methyl sites for hydroxylation is 3. The highest BCUT2D eigenvalue weighted by molar-refractivity contribution is 7.92. The highest BCUT2D eigenvalue weighted by Crippen LogP contribution is 2.35. The third-order valence-electron chi connectivity index (χ3n) is 5.16. The normalized spacial score (nSPS) is 12.9. The van der Waals surface area contributed by atoms with Gasteiger partial charge in [0, 0.05) is 11.1 Å². The summed E-state index contributed by atoms with van der Waals surface area (Å²) in [6.07, 6.45) is 3.14. The molecule has 0 fully saturated rings. The second kappa shape index (κ2) is 6.95. The summed E-state index contributed by atoms with van der Waals surface area (Å²) < 4.78 is 25.6. The SMILES string of the molecule is Cc1ccc(N(CC(=O)Nc2ccc3c4c(cccc24)CC3)S(C)(=O)=O)cc1. The van der Waals surface area contributed by atoms with E-state index in [-0.39, 0.29) is 12.5 Å². The van der Waals surface area contributed by atoms with Gasteiger partial charge in [-0.3, -0.25) is 9.10 Å². The van der Waals surface area contributed by atoms with Crippen molar-refractivity contribution < 1.29 is 13.2 Å². The van der Waals surface area contributed by atoms with Crippen LogP contribution < -0.4 is 9.62 Å². The van der Waals surface area contributed by atoms with E-state index >= 15 is 0 Å². The minimum atomic E-state index is -3.59. The van der Waals surface area contributed by atoms with Crippen LogP contribution in [0, 0.1) is 6.92 Å². The van der Waals surface area contributed by atoms with E-state index in [0.29, 0.717) is 11.4 Å². The average Bonchev–Trinajstić information content (AvgIpc) is 3.07. The lowest BCUT2D eigenvalue weighted by Crippen LogP contribution is -2.37. The number of anilines is 2. The fourth-order valence-electron chi connectivity index (χ4n) is 3.79. The molecule has 0 aromatic heterocycles. The van der Waals surface area contributed by atoms with Gasteiger partial charge >= 0.3 is 0 Å². The highest BCUT2D eigenvalue weighted by atomic mass is 32.2. The van der Waals surface area contributed by atoms with Gasteiger partial charge in [0.15, 0.2) is 0 Å². The predicted octanol–water partition coefficient (Wildman–Crippen LogP) is 3.65. The van der Waals surface area contributed by atoms with E-state index in [1.54, 1.807) is 12.1 Å². The quantitative estimate of drug-likeness (QED) is 0.718. The molecule has 0 saturated carbocycles. The molecule has 0 radical (unpaired) electrons. The van der Waals surface area contributed by atoms with Crippen LogP contribution in [-0.2, 0) is 27.7 Å². The van der Waals surface area contributed by atoms with Crippen molar-refractivity contribution in [2.45, 2.75) is 19.8 Å². The number of carbonyl (C=O) groups excluding carboxylic acids is 1. The Morgan fingerprint density at radius 1 is 1.00 bits per heavy atom. The Hall–Kier alpha value is -2.86. The number of carbonyl (C=O) groups is 1. The van der Waals surface area contributed by atoms with Crippen molar-refractivity contribution in [1.82, 2.24) is 0 Å². The van der Waals surface area contributed by atoms with Crippen molar-refractivity contribution in [2.24, 2.45) is 0 Å². The zero-order valence-electron chi connectivity index (χ0n) is 15.9. The second-order valence-electron chi connectivity index (χ2n) is 7.27. The van der Waals surface area contributed by atoms with Crippen LogP contribution in [0.4, 0.5) is 11.4 Å². The van der Waals surface area contributed by atoms with Crippen molar-refractivity contribution >= 4 is 38.1 Å². The van der Waals surface area contributed by atoms with Crippen LogP contribution >= 0.6 is 0 Å². The third-order valence-corrected chi connectivity index (χ3v) is 6.30. The van der Waals surface area contributed by atoms with Crippen LogP contribution in [0.5, 0.6) is 0 Å². The lowest BCUT2D eigenvalue weighted by atomic mass is 10.0. The number of sulfonamides is 1. The molecule has 1 aliphatic rings. The molecule has 0 spiro atoms. The van der Waals surface area contributed by atoms with Crippen LogP contribution in [0.2, 0.25) is 0 Å². The zero-order chi connectivity index (χ0) is 19.9. The molecular weight excluding hydrogens is 372 g/mol. The molecule has 1 aliphatic carbocycles. The predicted molar refractivity (Wildman–Crippen MR) is 113 cm³/mol. The molecule has 0 unspecified atom stereocenters. The summed E-state index contributed by atoms with van der Waals surface area (Å²) in [4.78, 5) is 12.7. The molecule has 1 amide bonds. The third kappa shape index (κ3) is 3.47. The first-order valence-corrected chi connectivity index (χ1v) is 11.1. The van der Waals surface area contributed by atoms with Gasteiger partial charge in [0.25, 0.3) is 0 Å². The molecule has 3 aromatic carbocycles. The molecule has 0 heterocycles. The van der Waals surface area contributed by atoms with Gasteiger partial charge in [-0.2, -0.15) is 0 Å². The summed E-state index contributed by atoms with van der Waals surface area (Å²) in [5.41, 5.74) is 4.80. The summed E-state index contributed by atoms with van der Waals surface area (Å²) in [5.74, 6) is -0.371. The zero-order valence-corrected chi connectivity index (χ0v) is 16.7. The summed E-state index contributed by atoms with van der Waals surface area (Å²) in [6.45, 7) is 1.65. The van der Waals surface area contributed by atoms with Gasteiger partial charge in [0.1, 0.15) is 6.54 Å². The molecule has 0 atom stereocenters. The molecule has 28 heavy (non-hydrogen) atoms. The molecule has 5 nitrogen and oxygen atoms in total. The standard InChI is InChI=1S/C22H22N2O3S/c1-15-6-11-18(12-7-15)24(28(2,26)27)14-21(25)23-20-13-10-17-9-8-16-4-3-5-19(20)22(16)17/h3-7,10-13H,8-9,14H2,1-2H3,(H,23,25). The van der Waals surface area contributed by atoms with Gasteiger partial charge < -0.3 is 5.32 Å². The van der Waals surface area contributed by atoms with Crippen molar-refractivity contribution in [2.75, 3.05) is 22.4 Å². The first kappa shape index (κ1) is 18.5. The second-order valence-corrected chi connectivity index (χ2v) is 9.17. The Bertz CT molecular complexity index is 1160. The number of rotatable bonds is 5. The number of benzene rings is 3. The van der Waals surface area contributed by atoms with Crippen LogP contribution in [-0.4, -0.2) is 27.1 Å². The summed E-state index contributed by atoms with van der Waals surface area (Å²) in [7, 11) is -3.59. The Morgan fingerprint density at radius 3 is 2.36 bits per heavy atom. The number of hydrogen-bond acceptors (Lipinski definition) is 3. The Kier molecular flexibility index (Phi) is 4.59. The van der Waals surface area contributed by atoms with Crippen molar-refractivity contribution in [3.05, 3.63) is 71.3 Å². The van der Waals surface area contributed by atoms with E-state index in [0.717, 1.165) is 34.4 Å². The summed E-state index contributed by atoms with van der Waals surface area (Å²) >= 11 is 0. The molecule has 0 aliphatic heterocycles. The van der Waals surface area contributed by atoms with E-state index in [2.05, 4.69) is 11.4 Å². The molecule has 6 heteroatoms. The Balaban J connectivity index is 1.62. The van der Waals surface area contributed by atoms with Gasteiger partial charge in [-0.25, -0.2) is 8.42 Å². The lowest BCUT2D eigenvalue weighted by Gasteiger charge is -2.22. The van der Waals surface area contributed by atoms with Gasteiger partial charge in [0.05, 0.1) is 11.9 Å². The fraction of sp³-hybridized carbons (Fsp3) is 0.227. The molecule has 3 aromatic rings. The summed E-state index contributed by atoms with van der Waals surface area (Å²) in [6, 6.07) is 17.1. The lowest BCUT2D eigenvalue weighted by molar-refractivity contribution is -0.114. The molecule has 1 N–H and O–H groups in total. The number of amides is 1. The average molecular weight is 394 g/mol. The minimum absolute atomic E-state index is 0.273. The van der Waals surface area contributed by atoms with E-state index in [9.17, 15) is 13.2 Å². The number of hydrogen-bond donors (Lipinski definition) is 1. The molecule has 144 valence electrons. The van der Waals surface area contributed by atoms with Crippen molar-refractivity contribution in [3.63, 3.8) is 0 Å². The maximum atomic E-state index is 12.7. The first-order chi connectivity index (χ1) is 13.3. The molecule has 0 bridgehead atoms. The van der Waals surface area contributed by atoms with Gasteiger partial charge in [-0.1, -0.05) is 42.0 Å². The smallest absolute Gasteiger partial charge is 0.245 e. The molecule has 0 saturated heterocycles. The molecule has 4 rings (SSSR count). The van der Waals surface area contributed by atoms with E-state index in [1.807, 2.05) is 43.3 Å². The molecular formula is C22H22N2O3S.